The van der Waals surface area contributed by atoms with Gasteiger partial charge in [0.05, 0.1) is 26.9 Å². The number of methoxy groups -OCH3 is 2. The minimum absolute atomic E-state index is 0. The van der Waals surface area contributed by atoms with E-state index in [0.717, 1.165) is 44.2 Å². The predicted octanol–water partition coefficient (Wildman–Crippen LogP) is 3.14. The zero-order valence-corrected chi connectivity index (χ0v) is 20.8. The summed E-state index contributed by atoms with van der Waals surface area (Å²) in [6, 6.07) is 15.9. The van der Waals surface area contributed by atoms with Crippen LogP contribution in [0, 0.1) is 0 Å². The lowest BCUT2D eigenvalue weighted by Gasteiger charge is -2.37. The van der Waals surface area contributed by atoms with Crippen LogP contribution in [0.1, 0.15) is 18.6 Å². The number of rotatable bonds is 7. The number of anilines is 1. The number of halogens is 1. The van der Waals surface area contributed by atoms with Crippen LogP contribution < -0.4 is 19.7 Å². The molecular formula is C23H33IN4O3. The van der Waals surface area contributed by atoms with Gasteiger partial charge in [0.25, 0.3) is 0 Å². The predicted molar refractivity (Wildman–Crippen MR) is 136 cm³/mol. The Bertz CT molecular complexity index is 805. The second-order valence-corrected chi connectivity index (χ2v) is 7.17. The van der Waals surface area contributed by atoms with Gasteiger partial charge in [-0.1, -0.05) is 18.2 Å². The zero-order valence-electron chi connectivity index (χ0n) is 18.5. The van der Waals surface area contributed by atoms with Crippen molar-refractivity contribution in [2.45, 2.75) is 13.0 Å². The molecule has 31 heavy (non-hydrogen) atoms. The molecule has 1 heterocycles. The molecule has 1 saturated heterocycles. The SMILES string of the molecule is CCNC(=NCC(O)c1cc(OC)cc(OC)c1)N1CCN(c2ccccc2)CC1.I. The Morgan fingerprint density at radius 3 is 2.19 bits per heavy atom. The van der Waals surface area contributed by atoms with Gasteiger partial charge in [0.2, 0.25) is 0 Å². The molecule has 0 amide bonds. The number of aliphatic hydroxyl groups is 1. The summed E-state index contributed by atoms with van der Waals surface area (Å²) in [4.78, 5) is 9.34. The normalized spacial score (nSPS) is 15.2. The maximum atomic E-state index is 10.7. The molecule has 1 unspecified atom stereocenters. The summed E-state index contributed by atoms with van der Waals surface area (Å²) >= 11 is 0. The lowest BCUT2D eigenvalue weighted by Crippen LogP contribution is -2.52. The van der Waals surface area contributed by atoms with Gasteiger partial charge < -0.3 is 29.7 Å². The number of hydrogen-bond donors (Lipinski definition) is 2. The first-order chi connectivity index (χ1) is 14.6. The smallest absolute Gasteiger partial charge is 0.194 e. The molecule has 0 aliphatic carbocycles. The van der Waals surface area contributed by atoms with Gasteiger partial charge in [-0.25, -0.2) is 0 Å². The fraction of sp³-hybridized carbons (Fsp3) is 0.435. The first-order valence-electron chi connectivity index (χ1n) is 10.4. The van der Waals surface area contributed by atoms with Gasteiger partial charge in [-0.05, 0) is 36.8 Å². The molecule has 1 atom stereocenters. The first-order valence-corrected chi connectivity index (χ1v) is 10.4. The van der Waals surface area contributed by atoms with E-state index in [1.54, 1.807) is 20.3 Å². The van der Waals surface area contributed by atoms with Crippen LogP contribution in [-0.4, -0.2) is 69.5 Å². The molecule has 0 bridgehead atoms. The Morgan fingerprint density at radius 2 is 1.65 bits per heavy atom. The van der Waals surface area contributed by atoms with Crippen molar-refractivity contribution >= 4 is 35.6 Å². The van der Waals surface area contributed by atoms with Gasteiger partial charge in [0.1, 0.15) is 11.5 Å². The van der Waals surface area contributed by atoms with E-state index in [0.29, 0.717) is 11.5 Å². The van der Waals surface area contributed by atoms with E-state index in [1.807, 2.05) is 18.2 Å². The highest BCUT2D eigenvalue weighted by Crippen LogP contribution is 2.26. The first kappa shape index (κ1) is 25.1. The van der Waals surface area contributed by atoms with Crippen molar-refractivity contribution in [1.29, 1.82) is 0 Å². The van der Waals surface area contributed by atoms with Gasteiger partial charge >= 0.3 is 0 Å². The molecule has 0 radical (unpaired) electrons. The highest BCUT2D eigenvalue weighted by atomic mass is 127. The number of para-hydroxylation sites is 1. The standard InChI is InChI=1S/C23H32N4O3.HI/c1-4-24-23(27-12-10-26(11-13-27)19-8-6-5-7-9-19)25-17-22(28)18-14-20(29-2)16-21(15-18)30-3;/h5-9,14-16,22,28H,4,10-13,17H2,1-3H3,(H,24,25);1H. The van der Waals surface area contributed by atoms with Gasteiger partial charge in [0.15, 0.2) is 5.96 Å². The Morgan fingerprint density at radius 1 is 1.03 bits per heavy atom. The Balaban J connectivity index is 0.00000341. The summed E-state index contributed by atoms with van der Waals surface area (Å²) in [6.45, 7) is 6.72. The van der Waals surface area contributed by atoms with E-state index in [1.165, 1.54) is 5.69 Å². The molecule has 2 aromatic rings. The summed E-state index contributed by atoms with van der Waals surface area (Å²) < 4.78 is 10.6. The molecule has 0 aromatic heterocycles. The summed E-state index contributed by atoms with van der Waals surface area (Å²) in [7, 11) is 3.20. The maximum Gasteiger partial charge on any atom is 0.194 e. The number of hydrogen-bond acceptors (Lipinski definition) is 5. The third-order valence-electron chi connectivity index (χ3n) is 5.21. The molecule has 170 valence electrons. The number of ether oxygens (including phenoxy) is 2. The summed E-state index contributed by atoms with van der Waals surface area (Å²) in [5, 5.41) is 14.0. The minimum Gasteiger partial charge on any atom is -0.497 e. The number of nitrogens with one attached hydrogen (secondary N) is 1. The molecule has 1 fully saturated rings. The van der Waals surface area contributed by atoms with Gasteiger partial charge in [-0.3, -0.25) is 4.99 Å². The summed E-state index contributed by atoms with van der Waals surface area (Å²) in [6.07, 6.45) is -0.742. The lowest BCUT2D eigenvalue weighted by atomic mass is 10.1. The number of aliphatic imine (C=N–C) groups is 1. The number of nitrogens with zero attached hydrogens (tertiary/aromatic N) is 3. The summed E-state index contributed by atoms with van der Waals surface area (Å²) in [5.74, 6) is 2.13. The van der Waals surface area contributed by atoms with Crippen molar-refractivity contribution in [3.05, 3.63) is 54.1 Å². The maximum absolute atomic E-state index is 10.7. The average molecular weight is 540 g/mol. The number of piperazine rings is 1. The van der Waals surface area contributed by atoms with Crippen molar-refractivity contribution in [2.75, 3.05) is 58.4 Å². The number of benzene rings is 2. The van der Waals surface area contributed by atoms with E-state index >= 15 is 0 Å². The van der Waals surface area contributed by atoms with Crippen LogP contribution in [0.2, 0.25) is 0 Å². The number of aliphatic hydroxyl groups excluding tert-OH is 1. The lowest BCUT2D eigenvalue weighted by molar-refractivity contribution is 0.185. The van der Waals surface area contributed by atoms with Gasteiger partial charge in [-0.2, -0.15) is 0 Å². The highest BCUT2D eigenvalue weighted by Gasteiger charge is 2.20. The number of guanidine groups is 1. The fourth-order valence-corrected chi connectivity index (χ4v) is 3.54. The van der Waals surface area contributed by atoms with Crippen molar-refractivity contribution in [3.8, 4) is 11.5 Å². The molecule has 1 aliphatic rings. The van der Waals surface area contributed by atoms with E-state index < -0.39 is 6.10 Å². The van der Waals surface area contributed by atoms with Crippen LogP contribution in [-0.2, 0) is 0 Å². The minimum atomic E-state index is -0.742. The largest absolute Gasteiger partial charge is 0.497 e. The molecule has 2 aromatic carbocycles. The van der Waals surface area contributed by atoms with Crippen molar-refractivity contribution in [2.24, 2.45) is 4.99 Å². The van der Waals surface area contributed by atoms with E-state index in [4.69, 9.17) is 14.5 Å². The molecule has 8 heteroatoms. The Kier molecular flexibility index (Phi) is 10.2. The summed E-state index contributed by atoms with van der Waals surface area (Å²) in [5.41, 5.74) is 1.97. The van der Waals surface area contributed by atoms with Crippen LogP contribution in [0.4, 0.5) is 5.69 Å². The van der Waals surface area contributed by atoms with E-state index in [2.05, 4.69) is 46.3 Å². The monoisotopic (exact) mass is 540 g/mol. The van der Waals surface area contributed by atoms with Crippen LogP contribution in [0.5, 0.6) is 11.5 Å². The molecule has 3 rings (SSSR count). The Labute approximate surface area is 202 Å². The quantitative estimate of drug-likeness (QED) is 0.320. The molecule has 1 aliphatic heterocycles. The van der Waals surface area contributed by atoms with Gasteiger partial charge in [-0.15, -0.1) is 24.0 Å². The molecule has 0 saturated carbocycles. The molecule has 0 spiro atoms. The van der Waals surface area contributed by atoms with Crippen LogP contribution in [0.15, 0.2) is 53.5 Å². The molecule has 7 nitrogen and oxygen atoms in total. The van der Waals surface area contributed by atoms with E-state index in [-0.39, 0.29) is 30.5 Å². The Hall–Kier alpha value is -2.20. The van der Waals surface area contributed by atoms with Crippen molar-refractivity contribution in [3.63, 3.8) is 0 Å². The zero-order chi connectivity index (χ0) is 21.3. The van der Waals surface area contributed by atoms with E-state index in [9.17, 15) is 5.11 Å². The third-order valence-corrected chi connectivity index (χ3v) is 5.21. The van der Waals surface area contributed by atoms with Gasteiger partial charge in [0, 0.05) is 44.5 Å². The third kappa shape index (κ3) is 6.90. The van der Waals surface area contributed by atoms with Crippen molar-refractivity contribution < 1.29 is 14.6 Å². The highest BCUT2D eigenvalue weighted by molar-refractivity contribution is 14.0. The second-order valence-electron chi connectivity index (χ2n) is 7.17. The van der Waals surface area contributed by atoms with Crippen LogP contribution in [0.3, 0.4) is 0 Å². The molecular weight excluding hydrogens is 507 g/mol. The van der Waals surface area contributed by atoms with Crippen molar-refractivity contribution in [1.82, 2.24) is 10.2 Å². The van der Waals surface area contributed by atoms with Crippen LogP contribution >= 0.6 is 24.0 Å². The fourth-order valence-electron chi connectivity index (χ4n) is 3.54. The second kappa shape index (κ2) is 12.6. The molecule has 2 N–H and O–H groups in total. The average Bonchev–Trinajstić information content (AvgIpc) is 2.81. The van der Waals surface area contributed by atoms with Crippen LogP contribution in [0.25, 0.3) is 0 Å². The topological polar surface area (TPSA) is 69.6 Å².